The smallest absolute Gasteiger partial charge is 0.368 e. The molecule has 2 aliphatic rings. The minimum atomic E-state index is -4.53. The van der Waals surface area contributed by atoms with E-state index in [1.807, 2.05) is 14.0 Å². The minimum Gasteiger partial charge on any atom is -0.368 e. The van der Waals surface area contributed by atoms with Crippen LogP contribution in [-0.2, 0) is 13.8 Å². The fourth-order valence-corrected chi connectivity index (χ4v) is 3.89. The van der Waals surface area contributed by atoms with E-state index in [0.717, 1.165) is 12.8 Å². The third kappa shape index (κ3) is 3.78. The maximum Gasteiger partial charge on any atom is 0.469 e. The van der Waals surface area contributed by atoms with Crippen LogP contribution in [0, 0.1) is 5.92 Å². The summed E-state index contributed by atoms with van der Waals surface area (Å²) in [7, 11) is -2.55. The van der Waals surface area contributed by atoms with Crippen molar-refractivity contribution in [2.45, 2.75) is 44.6 Å². The first-order chi connectivity index (χ1) is 12.7. The first kappa shape index (κ1) is 18.6. The van der Waals surface area contributed by atoms with E-state index >= 15 is 0 Å². The zero-order chi connectivity index (χ0) is 19.3. The number of aromatic nitrogens is 4. The lowest BCUT2D eigenvalue weighted by molar-refractivity contribution is -0.0290. The van der Waals surface area contributed by atoms with Gasteiger partial charge in [-0.2, -0.15) is 9.97 Å². The number of phosphoric acid groups is 1. The molecule has 12 heteroatoms. The van der Waals surface area contributed by atoms with Crippen LogP contribution >= 0.6 is 7.82 Å². The van der Waals surface area contributed by atoms with Gasteiger partial charge in [0, 0.05) is 19.0 Å². The second-order valence-corrected chi connectivity index (χ2v) is 8.46. The summed E-state index contributed by atoms with van der Waals surface area (Å²) in [6, 6.07) is 0.448. The molecule has 0 radical (unpaired) electrons. The van der Waals surface area contributed by atoms with Crippen LogP contribution in [0.3, 0.4) is 0 Å². The number of fused-ring (bicyclic) bond motifs is 1. The lowest BCUT2D eigenvalue weighted by Gasteiger charge is -2.20. The van der Waals surface area contributed by atoms with Gasteiger partial charge >= 0.3 is 7.82 Å². The molecule has 0 amide bonds. The highest BCUT2D eigenvalue weighted by atomic mass is 31.2. The summed E-state index contributed by atoms with van der Waals surface area (Å²) in [5.41, 5.74) is 7.17. The van der Waals surface area contributed by atoms with Crippen LogP contribution in [-0.4, -0.2) is 55.1 Å². The van der Waals surface area contributed by atoms with Crippen LogP contribution in [0.4, 0.5) is 11.8 Å². The van der Waals surface area contributed by atoms with Crippen molar-refractivity contribution in [3.05, 3.63) is 6.33 Å². The minimum absolute atomic E-state index is 0.0774. The molecule has 3 heterocycles. The Morgan fingerprint density at radius 1 is 1.44 bits per heavy atom. The van der Waals surface area contributed by atoms with E-state index in [0.29, 0.717) is 29.4 Å². The Kier molecular flexibility index (Phi) is 4.59. The van der Waals surface area contributed by atoms with Crippen molar-refractivity contribution in [2.75, 3.05) is 24.3 Å². The Hall–Kier alpha value is -1.78. The maximum atomic E-state index is 10.9. The summed E-state index contributed by atoms with van der Waals surface area (Å²) >= 11 is 0. The highest BCUT2D eigenvalue weighted by Gasteiger charge is 2.36. The van der Waals surface area contributed by atoms with Crippen LogP contribution in [0.5, 0.6) is 0 Å². The molecular weight excluding hydrogens is 375 g/mol. The van der Waals surface area contributed by atoms with Crippen LogP contribution < -0.4 is 10.6 Å². The van der Waals surface area contributed by atoms with Gasteiger partial charge in [-0.1, -0.05) is 6.92 Å². The number of nitrogens with two attached hydrogens (primary N) is 1. The monoisotopic (exact) mass is 398 g/mol. The van der Waals surface area contributed by atoms with E-state index < -0.39 is 13.9 Å². The number of imidazole rings is 1. The van der Waals surface area contributed by atoms with E-state index in [1.165, 1.54) is 0 Å². The normalized spacial score (nSPS) is 26.0. The highest BCUT2D eigenvalue weighted by Crippen LogP contribution is 2.41. The molecule has 1 aliphatic carbocycles. The molecule has 1 saturated heterocycles. The topological polar surface area (TPSA) is 149 Å². The molecule has 27 heavy (non-hydrogen) atoms. The molecular formula is C15H23N6O5P. The third-order valence-electron chi connectivity index (χ3n) is 5.01. The summed E-state index contributed by atoms with van der Waals surface area (Å²) in [6.45, 7) is 1.82. The summed E-state index contributed by atoms with van der Waals surface area (Å²) in [4.78, 5) is 33.0. The molecule has 11 nitrogen and oxygen atoms in total. The van der Waals surface area contributed by atoms with Crippen molar-refractivity contribution < 1.29 is 23.6 Å². The van der Waals surface area contributed by atoms with Gasteiger partial charge in [-0.15, -0.1) is 0 Å². The standard InChI is InChI=1S/C15H23N6O5P/c1-8-5-10(6-25-27(22,23)24)26-14(8)21-7-17-11-12(20(2)9-3-4-9)18-15(16)19-13(11)21/h7-10,14H,3-6H2,1-2H3,(H2,16,18,19)(H2,22,23,24)/t8-,10-,14+/m0/s1. The van der Waals surface area contributed by atoms with Crippen molar-refractivity contribution in [1.29, 1.82) is 0 Å². The highest BCUT2D eigenvalue weighted by molar-refractivity contribution is 7.46. The number of rotatable bonds is 6. The second kappa shape index (κ2) is 6.68. The van der Waals surface area contributed by atoms with Crippen LogP contribution in [0.25, 0.3) is 11.2 Å². The van der Waals surface area contributed by atoms with Crippen molar-refractivity contribution in [3.63, 3.8) is 0 Å². The largest absolute Gasteiger partial charge is 0.469 e. The van der Waals surface area contributed by atoms with Crippen LogP contribution in [0.2, 0.25) is 0 Å². The van der Waals surface area contributed by atoms with Gasteiger partial charge < -0.3 is 25.2 Å². The Morgan fingerprint density at radius 2 is 2.19 bits per heavy atom. The van der Waals surface area contributed by atoms with Gasteiger partial charge in [-0.3, -0.25) is 9.09 Å². The molecule has 1 aliphatic heterocycles. The van der Waals surface area contributed by atoms with E-state index in [1.54, 1.807) is 10.9 Å². The van der Waals surface area contributed by atoms with Gasteiger partial charge in [-0.25, -0.2) is 9.55 Å². The lowest BCUT2D eigenvalue weighted by Crippen LogP contribution is -2.22. The van der Waals surface area contributed by atoms with Crippen LogP contribution in [0.15, 0.2) is 6.33 Å². The number of nitrogens with zero attached hydrogens (tertiary/aromatic N) is 5. The van der Waals surface area contributed by atoms with E-state index in [4.69, 9.17) is 20.3 Å². The Labute approximate surface area is 155 Å². The Bertz CT molecular complexity index is 896. The zero-order valence-electron chi connectivity index (χ0n) is 15.1. The molecule has 4 N–H and O–H groups in total. The van der Waals surface area contributed by atoms with Gasteiger partial charge in [0.15, 0.2) is 17.0 Å². The molecule has 0 spiro atoms. The fourth-order valence-electron chi connectivity index (χ4n) is 3.53. The second-order valence-electron chi connectivity index (χ2n) is 7.22. The average Bonchev–Trinajstić information content (AvgIpc) is 3.26. The van der Waals surface area contributed by atoms with E-state index in [2.05, 4.69) is 24.4 Å². The van der Waals surface area contributed by atoms with Gasteiger partial charge in [0.25, 0.3) is 0 Å². The summed E-state index contributed by atoms with van der Waals surface area (Å²) in [6.07, 6.45) is 3.67. The molecule has 2 fully saturated rings. The SMILES string of the molecule is C[C@H]1C[C@@H](COP(=O)(O)O)O[C@H]1n1cnc2c(N(C)C3CC3)nc(N)nc21. The molecule has 0 unspecified atom stereocenters. The predicted octanol–water partition coefficient (Wildman–Crippen LogP) is 1.04. The number of phosphoric ester groups is 1. The predicted molar refractivity (Wildman–Crippen MR) is 96.8 cm³/mol. The van der Waals surface area contributed by atoms with Crippen LogP contribution in [0.1, 0.15) is 32.4 Å². The summed E-state index contributed by atoms with van der Waals surface area (Å²) in [5, 5.41) is 0. The van der Waals surface area contributed by atoms with E-state index in [-0.39, 0.29) is 24.7 Å². The van der Waals surface area contributed by atoms with Gasteiger partial charge in [0.2, 0.25) is 5.95 Å². The fraction of sp³-hybridized carbons (Fsp3) is 0.667. The number of nitrogen functional groups attached to an aromatic ring is 1. The average molecular weight is 398 g/mol. The number of hydrogen-bond donors (Lipinski definition) is 3. The first-order valence-corrected chi connectivity index (χ1v) is 10.3. The first-order valence-electron chi connectivity index (χ1n) is 8.81. The summed E-state index contributed by atoms with van der Waals surface area (Å²) < 4.78 is 23.3. The number of hydrogen-bond acceptors (Lipinski definition) is 8. The van der Waals surface area contributed by atoms with Crippen molar-refractivity contribution in [2.24, 2.45) is 5.92 Å². The number of anilines is 2. The summed E-state index contributed by atoms with van der Waals surface area (Å²) in [5.74, 6) is 0.943. The molecule has 2 aromatic rings. The Morgan fingerprint density at radius 3 is 2.85 bits per heavy atom. The lowest BCUT2D eigenvalue weighted by atomic mass is 10.1. The molecule has 0 bridgehead atoms. The molecule has 148 valence electrons. The maximum absolute atomic E-state index is 10.9. The van der Waals surface area contributed by atoms with E-state index in [9.17, 15) is 4.57 Å². The van der Waals surface area contributed by atoms with Crippen molar-refractivity contribution >= 4 is 30.8 Å². The molecule has 2 aromatic heterocycles. The molecule has 1 saturated carbocycles. The van der Waals surface area contributed by atoms with Crippen molar-refractivity contribution in [3.8, 4) is 0 Å². The van der Waals surface area contributed by atoms with Gasteiger partial charge in [0.1, 0.15) is 6.23 Å². The molecule has 3 atom stereocenters. The zero-order valence-corrected chi connectivity index (χ0v) is 16.0. The quantitative estimate of drug-likeness (QED) is 0.602. The molecule has 4 rings (SSSR count). The van der Waals surface area contributed by atoms with Crippen molar-refractivity contribution in [1.82, 2.24) is 19.5 Å². The van der Waals surface area contributed by atoms with Gasteiger partial charge in [0.05, 0.1) is 19.0 Å². The van der Waals surface area contributed by atoms with Gasteiger partial charge in [-0.05, 0) is 19.3 Å². The number of ether oxygens (including phenoxy) is 1. The molecule has 0 aromatic carbocycles. The Balaban J connectivity index is 1.61. The third-order valence-corrected chi connectivity index (χ3v) is 5.49.